The lowest BCUT2D eigenvalue weighted by Gasteiger charge is -2.09. The molecular weight excluding hydrogens is 371 g/mol. The number of halogens is 2. The first-order chi connectivity index (χ1) is 11.8. The SMILES string of the molecule is Cc1ccc([N+](=O)[O-])cc1NC(=O)COC(=O)c1cc(Cl)cc(Cl)c1. The van der Waals surface area contributed by atoms with Crippen molar-refractivity contribution in [1.29, 1.82) is 0 Å². The van der Waals surface area contributed by atoms with Gasteiger partial charge in [-0.3, -0.25) is 14.9 Å². The monoisotopic (exact) mass is 382 g/mol. The first kappa shape index (κ1) is 18.7. The van der Waals surface area contributed by atoms with Gasteiger partial charge >= 0.3 is 5.97 Å². The summed E-state index contributed by atoms with van der Waals surface area (Å²) in [5, 5.41) is 13.8. The Labute approximate surface area is 152 Å². The summed E-state index contributed by atoms with van der Waals surface area (Å²) in [6.07, 6.45) is 0. The molecule has 7 nitrogen and oxygen atoms in total. The Balaban J connectivity index is 2.00. The summed E-state index contributed by atoms with van der Waals surface area (Å²) < 4.78 is 4.89. The number of hydrogen-bond donors (Lipinski definition) is 1. The molecule has 2 rings (SSSR count). The normalized spacial score (nSPS) is 10.2. The number of aryl methyl sites for hydroxylation is 1. The van der Waals surface area contributed by atoms with Crippen molar-refractivity contribution in [1.82, 2.24) is 0 Å². The standard InChI is InChI=1S/C16H12Cl2N2O5/c1-9-2-3-13(20(23)24)7-14(9)19-15(21)8-25-16(22)10-4-11(17)6-12(18)5-10/h2-7H,8H2,1H3,(H,19,21). The van der Waals surface area contributed by atoms with Gasteiger partial charge in [0.05, 0.1) is 16.2 Å². The molecule has 0 radical (unpaired) electrons. The number of nitro groups is 1. The van der Waals surface area contributed by atoms with Crippen LogP contribution in [0.2, 0.25) is 10.0 Å². The van der Waals surface area contributed by atoms with Crippen LogP contribution in [0.3, 0.4) is 0 Å². The highest BCUT2D eigenvalue weighted by molar-refractivity contribution is 6.35. The third-order valence-electron chi connectivity index (χ3n) is 3.14. The number of nitrogens with zero attached hydrogens (tertiary/aromatic N) is 1. The molecule has 0 aliphatic rings. The summed E-state index contributed by atoms with van der Waals surface area (Å²) in [6, 6.07) is 8.24. The molecule has 0 heterocycles. The fraction of sp³-hybridized carbons (Fsp3) is 0.125. The van der Waals surface area contributed by atoms with Crippen LogP contribution in [-0.2, 0) is 9.53 Å². The van der Waals surface area contributed by atoms with E-state index in [1.165, 1.54) is 36.4 Å². The van der Waals surface area contributed by atoms with Gasteiger partial charge in [0.2, 0.25) is 0 Å². The molecule has 0 aromatic heterocycles. The van der Waals surface area contributed by atoms with Gasteiger partial charge in [0.25, 0.3) is 11.6 Å². The van der Waals surface area contributed by atoms with E-state index < -0.39 is 23.4 Å². The molecule has 25 heavy (non-hydrogen) atoms. The van der Waals surface area contributed by atoms with E-state index in [4.69, 9.17) is 27.9 Å². The molecule has 0 saturated carbocycles. The predicted molar refractivity (Wildman–Crippen MR) is 93.2 cm³/mol. The number of benzene rings is 2. The zero-order valence-corrected chi connectivity index (χ0v) is 14.4. The van der Waals surface area contributed by atoms with E-state index in [0.29, 0.717) is 5.56 Å². The lowest BCUT2D eigenvalue weighted by atomic mass is 10.2. The second-order valence-corrected chi connectivity index (χ2v) is 5.91. The largest absolute Gasteiger partial charge is 0.452 e. The van der Waals surface area contributed by atoms with Crippen LogP contribution >= 0.6 is 23.2 Å². The summed E-state index contributed by atoms with van der Waals surface area (Å²) in [5.74, 6) is -1.40. The number of carbonyl (C=O) groups excluding carboxylic acids is 2. The molecule has 130 valence electrons. The maximum Gasteiger partial charge on any atom is 0.338 e. The molecule has 0 atom stereocenters. The summed E-state index contributed by atoms with van der Waals surface area (Å²) in [4.78, 5) is 34.0. The zero-order chi connectivity index (χ0) is 18.6. The molecular formula is C16H12Cl2N2O5. The van der Waals surface area contributed by atoms with Crippen molar-refractivity contribution >= 4 is 46.5 Å². The Morgan fingerprint density at radius 3 is 2.40 bits per heavy atom. The minimum absolute atomic E-state index is 0.108. The summed E-state index contributed by atoms with van der Waals surface area (Å²) >= 11 is 11.6. The molecule has 2 aromatic rings. The second-order valence-electron chi connectivity index (χ2n) is 5.04. The Kier molecular flexibility index (Phi) is 5.95. The van der Waals surface area contributed by atoms with Crippen molar-refractivity contribution in [3.63, 3.8) is 0 Å². The molecule has 2 aromatic carbocycles. The lowest BCUT2D eigenvalue weighted by molar-refractivity contribution is -0.384. The highest BCUT2D eigenvalue weighted by Gasteiger charge is 2.14. The number of esters is 1. The van der Waals surface area contributed by atoms with E-state index in [2.05, 4.69) is 5.32 Å². The smallest absolute Gasteiger partial charge is 0.338 e. The van der Waals surface area contributed by atoms with Crippen molar-refractivity contribution in [3.05, 3.63) is 67.7 Å². The fourth-order valence-electron chi connectivity index (χ4n) is 1.93. The summed E-state index contributed by atoms with van der Waals surface area (Å²) in [6.45, 7) is 1.12. The Bertz CT molecular complexity index is 834. The van der Waals surface area contributed by atoms with Gasteiger partial charge in [-0.05, 0) is 30.7 Å². The quantitative estimate of drug-likeness (QED) is 0.478. The van der Waals surface area contributed by atoms with Crippen LogP contribution in [0.15, 0.2) is 36.4 Å². The van der Waals surface area contributed by atoms with Crippen LogP contribution in [-0.4, -0.2) is 23.4 Å². The maximum atomic E-state index is 11.9. The molecule has 0 unspecified atom stereocenters. The number of hydrogen-bond acceptors (Lipinski definition) is 5. The van der Waals surface area contributed by atoms with Gasteiger partial charge in [0.15, 0.2) is 6.61 Å². The Morgan fingerprint density at radius 2 is 1.80 bits per heavy atom. The van der Waals surface area contributed by atoms with Crippen LogP contribution in [0.5, 0.6) is 0 Å². The van der Waals surface area contributed by atoms with E-state index in [1.807, 2.05) is 0 Å². The van der Waals surface area contributed by atoms with Gasteiger partial charge in [-0.1, -0.05) is 29.3 Å². The molecule has 1 N–H and O–H groups in total. The van der Waals surface area contributed by atoms with Gasteiger partial charge in [0, 0.05) is 22.2 Å². The maximum absolute atomic E-state index is 11.9. The first-order valence-corrected chi connectivity index (χ1v) is 7.70. The average Bonchev–Trinajstić information content (AvgIpc) is 2.53. The van der Waals surface area contributed by atoms with Crippen LogP contribution < -0.4 is 5.32 Å². The third kappa shape index (κ3) is 5.17. The number of rotatable bonds is 5. The number of amides is 1. The molecule has 0 saturated heterocycles. The van der Waals surface area contributed by atoms with Gasteiger partial charge in [-0.2, -0.15) is 0 Å². The topological polar surface area (TPSA) is 98.5 Å². The van der Waals surface area contributed by atoms with Crippen molar-refractivity contribution in [2.75, 3.05) is 11.9 Å². The van der Waals surface area contributed by atoms with Crippen LogP contribution in [0, 0.1) is 17.0 Å². The predicted octanol–water partition coefficient (Wildman–Crippen LogP) is 4.01. The summed E-state index contributed by atoms with van der Waals surface area (Å²) in [5.41, 5.74) is 0.844. The van der Waals surface area contributed by atoms with Crippen molar-refractivity contribution in [3.8, 4) is 0 Å². The second kappa shape index (κ2) is 7.96. The molecule has 0 fully saturated rings. The first-order valence-electron chi connectivity index (χ1n) is 6.94. The number of anilines is 1. The minimum Gasteiger partial charge on any atom is -0.452 e. The van der Waals surface area contributed by atoms with E-state index in [1.54, 1.807) is 6.92 Å². The van der Waals surface area contributed by atoms with Crippen molar-refractivity contribution < 1.29 is 19.2 Å². The molecule has 0 bridgehead atoms. The zero-order valence-electron chi connectivity index (χ0n) is 12.9. The highest BCUT2D eigenvalue weighted by Crippen LogP contribution is 2.22. The number of ether oxygens (including phenoxy) is 1. The highest BCUT2D eigenvalue weighted by atomic mass is 35.5. The molecule has 0 spiro atoms. The molecule has 0 aliphatic carbocycles. The lowest BCUT2D eigenvalue weighted by Crippen LogP contribution is -2.21. The van der Waals surface area contributed by atoms with Gasteiger partial charge in [-0.15, -0.1) is 0 Å². The molecule has 9 heteroatoms. The van der Waals surface area contributed by atoms with Crippen molar-refractivity contribution in [2.45, 2.75) is 6.92 Å². The third-order valence-corrected chi connectivity index (χ3v) is 3.58. The fourth-order valence-corrected chi connectivity index (χ4v) is 2.46. The molecule has 0 aliphatic heterocycles. The molecule has 1 amide bonds. The average molecular weight is 383 g/mol. The summed E-state index contributed by atoms with van der Waals surface area (Å²) in [7, 11) is 0. The van der Waals surface area contributed by atoms with E-state index >= 15 is 0 Å². The minimum atomic E-state index is -0.768. The van der Waals surface area contributed by atoms with Crippen molar-refractivity contribution in [2.24, 2.45) is 0 Å². The van der Waals surface area contributed by atoms with Crippen LogP contribution in [0.1, 0.15) is 15.9 Å². The number of carbonyl (C=O) groups is 2. The Morgan fingerprint density at radius 1 is 1.16 bits per heavy atom. The van der Waals surface area contributed by atoms with Crippen LogP contribution in [0.25, 0.3) is 0 Å². The van der Waals surface area contributed by atoms with E-state index in [-0.39, 0.29) is 27.0 Å². The number of nitrogens with one attached hydrogen (secondary N) is 1. The van der Waals surface area contributed by atoms with E-state index in [0.717, 1.165) is 0 Å². The van der Waals surface area contributed by atoms with E-state index in [9.17, 15) is 19.7 Å². The number of non-ortho nitro benzene ring substituents is 1. The number of nitro benzene ring substituents is 1. The van der Waals surface area contributed by atoms with Crippen LogP contribution in [0.4, 0.5) is 11.4 Å². The van der Waals surface area contributed by atoms with Gasteiger partial charge < -0.3 is 10.1 Å². The Hall–Kier alpha value is -2.64. The van der Waals surface area contributed by atoms with Gasteiger partial charge in [-0.25, -0.2) is 4.79 Å². The van der Waals surface area contributed by atoms with Gasteiger partial charge in [0.1, 0.15) is 0 Å².